The van der Waals surface area contributed by atoms with E-state index in [1.807, 2.05) is 47.0 Å². The number of aryl methyl sites for hydroxylation is 1. The highest BCUT2D eigenvalue weighted by molar-refractivity contribution is 5.94. The largest absolute Gasteiger partial charge is 0.339 e. The van der Waals surface area contributed by atoms with E-state index < -0.39 is 5.66 Å². The second-order valence-corrected chi connectivity index (χ2v) is 5.45. The van der Waals surface area contributed by atoms with E-state index in [0.29, 0.717) is 0 Å². The van der Waals surface area contributed by atoms with Gasteiger partial charge in [-0.1, -0.05) is 6.07 Å². The maximum Gasteiger partial charge on any atom is 0.272 e. The first-order chi connectivity index (χ1) is 9.71. The van der Waals surface area contributed by atoms with Crippen LogP contribution in [0.5, 0.6) is 0 Å². The Balaban J connectivity index is 1.87. The molecule has 1 saturated heterocycles. The molecule has 2 aromatic heterocycles. The molecule has 0 aliphatic carbocycles. The van der Waals surface area contributed by atoms with E-state index in [9.17, 15) is 4.79 Å². The molecular formula is C15H16N4O. The van der Waals surface area contributed by atoms with Crippen LogP contribution in [0.1, 0.15) is 21.7 Å². The molecule has 1 atom stereocenters. The lowest BCUT2D eigenvalue weighted by Crippen LogP contribution is -2.57. The molecule has 0 spiro atoms. The Labute approximate surface area is 117 Å². The predicted molar refractivity (Wildman–Crippen MR) is 74.1 cm³/mol. The van der Waals surface area contributed by atoms with E-state index in [2.05, 4.69) is 16.4 Å². The van der Waals surface area contributed by atoms with Crippen molar-refractivity contribution in [2.45, 2.75) is 19.1 Å². The van der Waals surface area contributed by atoms with Crippen LogP contribution in [0.4, 0.5) is 0 Å². The Morgan fingerprint density at radius 3 is 3.05 bits per heavy atom. The second-order valence-electron chi connectivity index (χ2n) is 5.45. The molecule has 2 aliphatic heterocycles. The van der Waals surface area contributed by atoms with Gasteiger partial charge in [0, 0.05) is 36.7 Å². The molecular weight excluding hydrogens is 252 g/mol. The van der Waals surface area contributed by atoms with Gasteiger partial charge in [-0.25, -0.2) is 0 Å². The third kappa shape index (κ3) is 1.41. The molecule has 1 amide bonds. The van der Waals surface area contributed by atoms with Gasteiger partial charge in [-0.3, -0.25) is 15.1 Å². The van der Waals surface area contributed by atoms with Crippen molar-refractivity contribution in [2.75, 3.05) is 13.1 Å². The number of fused-ring (bicyclic) bond motifs is 2. The molecule has 1 unspecified atom stereocenters. The Kier molecular flexibility index (Phi) is 2.29. The van der Waals surface area contributed by atoms with Gasteiger partial charge in [0.1, 0.15) is 11.4 Å². The molecule has 0 aromatic carbocycles. The van der Waals surface area contributed by atoms with Gasteiger partial charge in [0.05, 0.1) is 6.54 Å². The van der Waals surface area contributed by atoms with Crippen molar-refractivity contribution in [3.63, 3.8) is 0 Å². The zero-order valence-electron chi connectivity index (χ0n) is 11.3. The molecule has 0 radical (unpaired) electrons. The lowest BCUT2D eigenvalue weighted by Gasteiger charge is -2.42. The molecule has 102 valence electrons. The Hall–Kier alpha value is -2.14. The Morgan fingerprint density at radius 1 is 1.35 bits per heavy atom. The van der Waals surface area contributed by atoms with Crippen molar-refractivity contribution in [3.05, 3.63) is 53.6 Å². The molecule has 2 aliphatic rings. The molecule has 20 heavy (non-hydrogen) atoms. The van der Waals surface area contributed by atoms with Gasteiger partial charge in [-0.05, 0) is 25.1 Å². The molecule has 0 bridgehead atoms. The zero-order chi connectivity index (χ0) is 13.7. The maximum atomic E-state index is 12.6. The first-order valence-corrected chi connectivity index (χ1v) is 6.86. The first kappa shape index (κ1) is 11.7. The maximum absolute atomic E-state index is 12.6. The Bertz CT molecular complexity index is 675. The van der Waals surface area contributed by atoms with Gasteiger partial charge >= 0.3 is 0 Å². The topological polar surface area (TPSA) is 50.2 Å². The summed E-state index contributed by atoms with van der Waals surface area (Å²) in [4.78, 5) is 19.0. The molecule has 5 nitrogen and oxygen atoms in total. The number of nitrogens with zero attached hydrogens (tertiary/aromatic N) is 3. The summed E-state index contributed by atoms with van der Waals surface area (Å²) in [5.74, 6) is 0.0897. The molecule has 4 heterocycles. The molecule has 0 saturated carbocycles. The lowest BCUT2D eigenvalue weighted by molar-refractivity contribution is 0.0397. The first-order valence-electron chi connectivity index (χ1n) is 6.86. The fraction of sp³-hybridized carbons (Fsp3) is 0.333. The number of aromatic nitrogens is 2. The van der Waals surface area contributed by atoms with Crippen molar-refractivity contribution in [2.24, 2.45) is 0 Å². The van der Waals surface area contributed by atoms with Crippen LogP contribution in [0.25, 0.3) is 0 Å². The minimum atomic E-state index is -0.455. The van der Waals surface area contributed by atoms with Gasteiger partial charge in [0.2, 0.25) is 0 Å². The zero-order valence-corrected chi connectivity index (χ0v) is 11.3. The summed E-state index contributed by atoms with van der Waals surface area (Å²) < 4.78 is 2.02. The lowest BCUT2D eigenvalue weighted by atomic mass is 9.97. The van der Waals surface area contributed by atoms with Crippen molar-refractivity contribution < 1.29 is 4.79 Å². The van der Waals surface area contributed by atoms with Crippen LogP contribution in [-0.4, -0.2) is 33.4 Å². The SMILES string of the molecule is Cc1ccc(C23Cn4cccc4C(=O)N2CCN3)cn1. The van der Waals surface area contributed by atoms with Crippen molar-refractivity contribution >= 4 is 5.91 Å². The Morgan fingerprint density at radius 2 is 2.25 bits per heavy atom. The summed E-state index contributed by atoms with van der Waals surface area (Å²) in [5.41, 5.74) is 2.35. The van der Waals surface area contributed by atoms with Crippen LogP contribution in [0.15, 0.2) is 36.7 Å². The van der Waals surface area contributed by atoms with E-state index in [1.54, 1.807) is 0 Å². The van der Waals surface area contributed by atoms with Crippen molar-refractivity contribution in [1.29, 1.82) is 0 Å². The van der Waals surface area contributed by atoms with E-state index in [1.165, 1.54) is 0 Å². The number of pyridine rings is 1. The predicted octanol–water partition coefficient (Wildman–Crippen LogP) is 1.10. The van der Waals surface area contributed by atoms with E-state index in [0.717, 1.165) is 36.6 Å². The van der Waals surface area contributed by atoms with Gasteiger partial charge in [-0.2, -0.15) is 0 Å². The summed E-state index contributed by atoms with van der Waals surface area (Å²) in [6.45, 7) is 4.24. The highest BCUT2D eigenvalue weighted by Crippen LogP contribution is 2.36. The summed E-state index contributed by atoms with van der Waals surface area (Å²) in [5, 5.41) is 3.51. The molecule has 4 rings (SSSR count). The van der Waals surface area contributed by atoms with E-state index in [4.69, 9.17) is 0 Å². The number of hydrogen-bond donors (Lipinski definition) is 1. The third-order valence-corrected chi connectivity index (χ3v) is 4.30. The highest BCUT2D eigenvalue weighted by Gasteiger charge is 2.49. The van der Waals surface area contributed by atoms with Crippen molar-refractivity contribution in [1.82, 2.24) is 19.8 Å². The minimum Gasteiger partial charge on any atom is -0.339 e. The smallest absolute Gasteiger partial charge is 0.272 e. The van der Waals surface area contributed by atoms with E-state index in [-0.39, 0.29) is 5.91 Å². The molecule has 1 fully saturated rings. The van der Waals surface area contributed by atoms with Gasteiger partial charge < -0.3 is 9.47 Å². The fourth-order valence-electron chi connectivity index (χ4n) is 3.27. The number of nitrogens with one attached hydrogen (secondary N) is 1. The number of carbonyl (C=O) groups excluding carboxylic acids is 1. The van der Waals surface area contributed by atoms with Crippen LogP contribution in [0.2, 0.25) is 0 Å². The number of amides is 1. The van der Waals surface area contributed by atoms with Crippen molar-refractivity contribution in [3.8, 4) is 0 Å². The standard InChI is InChI=1S/C15H16N4O/c1-11-4-5-12(9-16-11)15-10-18-7-2-3-13(18)14(20)19(15)8-6-17-15/h2-5,7,9,17H,6,8,10H2,1H3. The number of carbonyl (C=O) groups is 1. The summed E-state index contributed by atoms with van der Waals surface area (Å²) >= 11 is 0. The normalized spacial score (nSPS) is 24.6. The highest BCUT2D eigenvalue weighted by atomic mass is 16.2. The molecule has 1 N–H and O–H groups in total. The summed E-state index contributed by atoms with van der Waals surface area (Å²) in [7, 11) is 0. The third-order valence-electron chi connectivity index (χ3n) is 4.30. The molecule has 2 aromatic rings. The van der Waals surface area contributed by atoms with Crippen LogP contribution < -0.4 is 5.32 Å². The van der Waals surface area contributed by atoms with Crippen LogP contribution >= 0.6 is 0 Å². The number of rotatable bonds is 1. The summed E-state index contributed by atoms with van der Waals surface area (Å²) in [6, 6.07) is 7.88. The average molecular weight is 268 g/mol. The molecule has 5 heteroatoms. The van der Waals surface area contributed by atoms with Crippen LogP contribution in [-0.2, 0) is 12.2 Å². The monoisotopic (exact) mass is 268 g/mol. The second kappa shape index (κ2) is 3.93. The summed E-state index contributed by atoms with van der Waals surface area (Å²) in [6.07, 6.45) is 3.84. The number of hydrogen-bond acceptors (Lipinski definition) is 3. The average Bonchev–Trinajstić information content (AvgIpc) is 3.07. The van der Waals surface area contributed by atoms with Gasteiger partial charge in [0.25, 0.3) is 5.91 Å². The van der Waals surface area contributed by atoms with Gasteiger partial charge in [0.15, 0.2) is 0 Å². The fourth-order valence-corrected chi connectivity index (χ4v) is 3.27. The quantitative estimate of drug-likeness (QED) is 0.842. The van der Waals surface area contributed by atoms with Gasteiger partial charge in [-0.15, -0.1) is 0 Å². The minimum absolute atomic E-state index is 0.0897. The van der Waals surface area contributed by atoms with Crippen LogP contribution in [0.3, 0.4) is 0 Å². The van der Waals surface area contributed by atoms with Crippen LogP contribution in [0, 0.1) is 6.92 Å². The van der Waals surface area contributed by atoms with E-state index >= 15 is 0 Å².